The largest absolute Gasteiger partial charge is 0.491 e. The molecule has 5 rings (SSSR count). The van der Waals surface area contributed by atoms with Gasteiger partial charge in [-0.05, 0) is 36.0 Å². The normalized spacial score (nSPS) is 12.3. The lowest BCUT2D eigenvalue weighted by Crippen LogP contribution is -2.30. The van der Waals surface area contributed by atoms with Crippen molar-refractivity contribution in [3.8, 4) is 5.75 Å². The van der Waals surface area contributed by atoms with Gasteiger partial charge in [-0.15, -0.1) is 0 Å². The lowest BCUT2D eigenvalue weighted by atomic mass is 10.2. The van der Waals surface area contributed by atoms with Crippen LogP contribution in [0.4, 0.5) is 0 Å². The number of rotatable bonds is 7. The minimum Gasteiger partial charge on any atom is -0.491 e. The molecule has 0 fully saturated rings. The molecule has 0 saturated carbocycles. The zero-order chi connectivity index (χ0) is 23.7. The summed E-state index contributed by atoms with van der Waals surface area (Å²) in [5, 5.41) is 12.8. The number of aliphatic hydroxyl groups is 1. The van der Waals surface area contributed by atoms with Crippen LogP contribution in [-0.4, -0.2) is 41.9 Å². The first-order valence-electron chi connectivity index (χ1n) is 10.6. The third kappa shape index (κ3) is 4.33. The number of nitrogens with zero attached hydrogens (tertiary/aromatic N) is 4. The molecule has 34 heavy (non-hydrogen) atoms. The first kappa shape index (κ1) is 21.9. The fraction of sp³-hybridized carbons (Fsp3) is 0.167. The molecule has 0 bridgehead atoms. The summed E-state index contributed by atoms with van der Waals surface area (Å²) in [6.07, 6.45) is -0.932. The number of ether oxygens (including phenoxy) is 1. The summed E-state index contributed by atoms with van der Waals surface area (Å²) in [4.78, 5) is 36.4. The van der Waals surface area contributed by atoms with E-state index < -0.39 is 17.4 Å². The molecule has 0 aliphatic rings. The van der Waals surface area contributed by atoms with Crippen molar-refractivity contribution in [2.45, 2.75) is 22.8 Å². The molecule has 3 aromatic heterocycles. The predicted molar refractivity (Wildman–Crippen MR) is 129 cm³/mol. The van der Waals surface area contributed by atoms with Crippen molar-refractivity contribution in [2.24, 2.45) is 7.05 Å². The topological polar surface area (TPSA) is 115 Å². The van der Waals surface area contributed by atoms with E-state index in [-0.39, 0.29) is 24.3 Å². The van der Waals surface area contributed by atoms with Crippen molar-refractivity contribution in [1.82, 2.24) is 24.1 Å². The van der Waals surface area contributed by atoms with Gasteiger partial charge < -0.3 is 14.4 Å². The number of pyridine rings is 1. The molecule has 5 aromatic rings. The molecule has 2 aromatic carbocycles. The number of hydrogen-bond donors (Lipinski definition) is 2. The maximum atomic E-state index is 12.7. The molecule has 0 aliphatic carbocycles. The van der Waals surface area contributed by atoms with E-state index in [1.165, 1.54) is 23.4 Å². The fourth-order valence-corrected chi connectivity index (χ4v) is 4.51. The van der Waals surface area contributed by atoms with Crippen LogP contribution in [0.2, 0.25) is 0 Å². The maximum Gasteiger partial charge on any atom is 0.329 e. The van der Waals surface area contributed by atoms with Crippen molar-refractivity contribution in [3.63, 3.8) is 0 Å². The average Bonchev–Trinajstić information content (AvgIpc) is 3.20. The number of nitrogens with one attached hydrogen (secondary N) is 1. The quantitative estimate of drug-likeness (QED) is 0.372. The first-order chi connectivity index (χ1) is 16.5. The Hall–Kier alpha value is -3.89. The van der Waals surface area contributed by atoms with E-state index in [9.17, 15) is 14.7 Å². The molecule has 0 spiro atoms. The monoisotopic (exact) mass is 475 g/mol. The van der Waals surface area contributed by atoms with Gasteiger partial charge in [-0.2, -0.15) is 0 Å². The lowest BCUT2D eigenvalue weighted by Gasteiger charge is -2.15. The second kappa shape index (κ2) is 9.16. The van der Waals surface area contributed by atoms with Gasteiger partial charge in [0.2, 0.25) is 0 Å². The Bertz CT molecular complexity index is 1590. The van der Waals surface area contributed by atoms with E-state index in [1.54, 1.807) is 16.7 Å². The van der Waals surface area contributed by atoms with Gasteiger partial charge in [-0.25, -0.2) is 14.8 Å². The van der Waals surface area contributed by atoms with E-state index in [0.29, 0.717) is 15.9 Å². The number of imidazole rings is 1. The van der Waals surface area contributed by atoms with Gasteiger partial charge >= 0.3 is 5.69 Å². The number of H-pyrrole nitrogens is 1. The molecule has 9 nitrogen and oxygen atoms in total. The highest BCUT2D eigenvalue weighted by atomic mass is 32.2. The van der Waals surface area contributed by atoms with Crippen LogP contribution in [0.15, 0.2) is 86.5 Å². The summed E-state index contributed by atoms with van der Waals surface area (Å²) < 4.78 is 8.55. The van der Waals surface area contributed by atoms with E-state index in [1.807, 2.05) is 54.6 Å². The third-order valence-electron chi connectivity index (χ3n) is 5.32. The van der Waals surface area contributed by atoms with Gasteiger partial charge in [0, 0.05) is 12.4 Å². The van der Waals surface area contributed by atoms with Gasteiger partial charge in [0.05, 0.1) is 12.1 Å². The van der Waals surface area contributed by atoms with Crippen LogP contribution in [0.3, 0.4) is 0 Å². The van der Waals surface area contributed by atoms with Crippen LogP contribution in [0, 0.1) is 0 Å². The molecule has 2 N–H and O–H groups in total. The highest BCUT2D eigenvalue weighted by molar-refractivity contribution is 7.99. The SMILES string of the molecule is Cn1c(=O)[nH]c(=O)c2c1nc(Sc1ccc3ccccc3n1)n2C[C@H](O)COc1ccccc1. The molecule has 0 radical (unpaired) electrons. The predicted octanol–water partition coefficient (Wildman–Crippen LogP) is 2.56. The maximum absolute atomic E-state index is 12.7. The van der Waals surface area contributed by atoms with Gasteiger partial charge in [-0.3, -0.25) is 14.3 Å². The van der Waals surface area contributed by atoms with E-state index in [2.05, 4.69) is 15.0 Å². The highest BCUT2D eigenvalue weighted by Gasteiger charge is 2.21. The zero-order valence-electron chi connectivity index (χ0n) is 18.2. The average molecular weight is 476 g/mol. The smallest absolute Gasteiger partial charge is 0.329 e. The van der Waals surface area contributed by atoms with Crippen LogP contribution in [0.25, 0.3) is 22.1 Å². The Morgan fingerprint density at radius 3 is 2.62 bits per heavy atom. The number of fused-ring (bicyclic) bond motifs is 2. The highest BCUT2D eigenvalue weighted by Crippen LogP contribution is 2.29. The van der Waals surface area contributed by atoms with Crippen LogP contribution in [0.5, 0.6) is 5.75 Å². The van der Waals surface area contributed by atoms with Gasteiger partial charge in [0.25, 0.3) is 5.56 Å². The number of hydrogen-bond acceptors (Lipinski definition) is 7. The second-order valence-corrected chi connectivity index (χ2v) is 8.71. The number of para-hydroxylation sites is 2. The Labute approximate surface area is 197 Å². The molecule has 0 saturated heterocycles. The van der Waals surface area contributed by atoms with Crippen molar-refractivity contribution in [2.75, 3.05) is 6.61 Å². The Morgan fingerprint density at radius 1 is 1.03 bits per heavy atom. The Kier molecular flexibility index (Phi) is 5.91. The van der Waals surface area contributed by atoms with E-state index in [0.717, 1.165) is 10.9 Å². The molecule has 10 heteroatoms. The standard InChI is InChI=1S/C24H21N5O4S/c1-28-21-20(22(31)27-23(28)32)29(13-16(30)14-33-17-8-3-2-4-9-17)24(26-21)34-19-12-11-15-7-5-6-10-18(15)25-19/h2-12,16,30H,13-14H2,1H3,(H,27,31,32)/t16-/m0/s1. The summed E-state index contributed by atoms with van der Waals surface area (Å²) in [5.41, 5.74) is 0.129. The van der Waals surface area contributed by atoms with Gasteiger partial charge in [0.15, 0.2) is 16.3 Å². The molecule has 3 heterocycles. The van der Waals surface area contributed by atoms with Crippen LogP contribution < -0.4 is 16.0 Å². The molecule has 0 amide bonds. The molecular weight excluding hydrogens is 454 g/mol. The van der Waals surface area contributed by atoms with Crippen molar-refractivity contribution in [1.29, 1.82) is 0 Å². The van der Waals surface area contributed by atoms with E-state index in [4.69, 9.17) is 4.74 Å². The van der Waals surface area contributed by atoms with Crippen molar-refractivity contribution < 1.29 is 9.84 Å². The number of aliphatic hydroxyl groups excluding tert-OH is 1. The minimum atomic E-state index is -0.932. The first-order valence-corrected chi connectivity index (χ1v) is 11.4. The lowest BCUT2D eigenvalue weighted by molar-refractivity contribution is 0.0914. The second-order valence-electron chi connectivity index (χ2n) is 7.72. The van der Waals surface area contributed by atoms with Crippen LogP contribution in [-0.2, 0) is 13.6 Å². The molecule has 172 valence electrons. The summed E-state index contributed by atoms with van der Waals surface area (Å²) in [6.45, 7) is 0.0617. The minimum absolute atomic E-state index is 0.0195. The van der Waals surface area contributed by atoms with Crippen LogP contribution >= 0.6 is 11.8 Å². The van der Waals surface area contributed by atoms with E-state index >= 15 is 0 Å². The Morgan fingerprint density at radius 2 is 1.79 bits per heavy atom. The van der Waals surface area contributed by atoms with Crippen molar-refractivity contribution in [3.05, 3.63) is 87.6 Å². The summed E-state index contributed by atoms with van der Waals surface area (Å²) in [7, 11) is 1.54. The summed E-state index contributed by atoms with van der Waals surface area (Å²) in [5.74, 6) is 0.632. The Balaban J connectivity index is 1.51. The zero-order valence-corrected chi connectivity index (χ0v) is 19.0. The molecular formula is C24H21N5O4S. The number of aryl methyl sites for hydroxylation is 1. The van der Waals surface area contributed by atoms with Gasteiger partial charge in [0.1, 0.15) is 23.5 Å². The number of aromatic amines is 1. The third-order valence-corrected chi connectivity index (χ3v) is 6.25. The summed E-state index contributed by atoms with van der Waals surface area (Å²) in [6, 6.07) is 20.7. The molecule has 0 aliphatic heterocycles. The van der Waals surface area contributed by atoms with Crippen molar-refractivity contribution >= 4 is 33.8 Å². The number of aromatic nitrogens is 5. The molecule has 0 unspecified atom stereocenters. The number of benzene rings is 2. The van der Waals surface area contributed by atoms with Crippen LogP contribution in [0.1, 0.15) is 0 Å². The van der Waals surface area contributed by atoms with Gasteiger partial charge in [-0.1, -0.05) is 42.5 Å². The fourth-order valence-electron chi connectivity index (χ4n) is 3.63. The summed E-state index contributed by atoms with van der Waals surface area (Å²) >= 11 is 1.26. The molecule has 1 atom stereocenters.